The molecule has 0 fully saturated rings. The maximum Gasteiger partial charge on any atom is 0.237 e. The number of rotatable bonds is 4. The van der Waals surface area contributed by atoms with Crippen molar-refractivity contribution in [1.29, 1.82) is 0 Å². The maximum absolute atomic E-state index is 11.7. The summed E-state index contributed by atoms with van der Waals surface area (Å²) in [7, 11) is 1.81. The van der Waals surface area contributed by atoms with E-state index in [2.05, 4.69) is 15.4 Å². The molecule has 1 amide bonds. The zero-order valence-electron chi connectivity index (χ0n) is 10.9. The van der Waals surface area contributed by atoms with Crippen molar-refractivity contribution in [3.63, 3.8) is 0 Å². The Hall–Kier alpha value is -1.43. The van der Waals surface area contributed by atoms with Crippen molar-refractivity contribution < 1.29 is 4.79 Å². The fourth-order valence-electron chi connectivity index (χ4n) is 1.30. The molecule has 1 heterocycles. The number of hydrogen-bond donors (Lipinski definition) is 2. The smallest absolute Gasteiger partial charge is 0.237 e. The van der Waals surface area contributed by atoms with Crippen molar-refractivity contribution in [2.75, 3.05) is 6.54 Å². The molecule has 1 aromatic heterocycles. The number of aryl methyl sites for hydroxylation is 1. The first-order chi connectivity index (χ1) is 7.80. The maximum atomic E-state index is 11.7. The Balaban J connectivity index is 2.34. The SMILES string of the molecule is Cn1cnc(CCNC(=O)C(N)C(C)(C)C)n1. The molecule has 0 bridgehead atoms. The molecule has 6 heteroatoms. The second-order valence-corrected chi connectivity index (χ2v) is 5.22. The van der Waals surface area contributed by atoms with Crippen LogP contribution in [0.5, 0.6) is 0 Å². The van der Waals surface area contributed by atoms with Gasteiger partial charge in [0.2, 0.25) is 5.91 Å². The molecule has 0 radical (unpaired) electrons. The molecular weight excluding hydrogens is 218 g/mol. The summed E-state index contributed by atoms with van der Waals surface area (Å²) in [5, 5.41) is 6.92. The minimum atomic E-state index is -0.501. The Bertz CT molecular complexity index is 379. The molecule has 3 N–H and O–H groups in total. The van der Waals surface area contributed by atoms with Crippen LogP contribution in [0.4, 0.5) is 0 Å². The normalized spacial score (nSPS) is 13.5. The number of aromatic nitrogens is 3. The predicted molar refractivity (Wildman–Crippen MR) is 65.1 cm³/mol. The summed E-state index contributed by atoms with van der Waals surface area (Å²) in [5.74, 6) is 0.588. The molecule has 6 nitrogen and oxygen atoms in total. The van der Waals surface area contributed by atoms with Gasteiger partial charge in [0.1, 0.15) is 6.33 Å². The highest BCUT2D eigenvalue weighted by atomic mass is 16.2. The van der Waals surface area contributed by atoms with Gasteiger partial charge in [0.15, 0.2) is 5.82 Å². The standard InChI is InChI=1S/C11H21N5O/c1-11(2,3)9(12)10(17)13-6-5-8-14-7-16(4)15-8/h7,9H,5-6,12H2,1-4H3,(H,13,17). The molecule has 0 aliphatic rings. The third-order valence-corrected chi connectivity index (χ3v) is 2.51. The van der Waals surface area contributed by atoms with Crippen LogP contribution in [-0.2, 0) is 18.3 Å². The molecule has 96 valence electrons. The molecule has 1 atom stereocenters. The van der Waals surface area contributed by atoms with E-state index < -0.39 is 6.04 Å². The van der Waals surface area contributed by atoms with Gasteiger partial charge >= 0.3 is 0 Å². The van der Waals surface area contributed by atoms with Gasteiger partial charge in [-0.2, -0.15) is 5.10 Å². The summed E-state index contributed by atoms with van der Waals surface area (Å²) in [4.78, 5) is 15.8. The Kier molecular flexibility index (Phi) is 4.22. The van der Waals surface area contributed by atoms with Gasteiger partial charge in [0, 0.05) is 20.0 Å². The summed E-state index contributed by atoms with van der Waals surface area (Å²) in [6.45, 7) is 6.33. The van der Waals surface area contributed by atoms with Crippen LogP contribution in [0.15, 0.2) is 6.33 Å². The van der Waals surface area contributed by atoms with Gasteiger partial charge in [-0.3, -0.25) is 9.48 Å². The lowest BCUT2D eigenvalue weighted by atomic mass is 9.87. The van der Waals surface area contributed by atoms with Crippen molar-refractivity contribution >= 4 is 5.91 Å². The van der Waals surface area contributed by atoms with E-state index in [0.717, 1.165) is 5.82 Å². The lowest BCUT2D eigenvalue weighted by molar-refractivity contribution is -0.124. The van der Waals surface area contributed by atoms with E-state index in [1.807, 2.05) is 27.8 Å². The highest BCUT2D eigenvalue weighted by Crippen LogP contribution is 2.16. The third-order valence-electron chi connectivity index (χ3n) is 2.51. The van der Waals surface area contributed by atoms with Crippen LogP contribution < -0.4 is 11.1 Å². The fraction of sp³-hybridized carbons (Fsp3) is 0.727. The van der Waals surface area contributed by atoms with Crippen LogP contribution in [-0.4, -0.2) is 33.3 Å². The van der Waals surface area contributed by atoms with E-state index in [4.69, 9.17) is 5.73 Å². The Labute approximate surface area is 102 Å². The van der Waals surface area contributed by atoms with E-state index in [9.17, 15) is 4.79 Å². The predicted octanol–water partition coefficient (Wildman–Crippen LogP) is -0.153. The molecule has 0 spiro atoms. The molecule has 17 heavy (non-hydrogen) atoms. The summed E-state index contributed by atoms with van der Waals surface area (Å²) >= 11 is 0. The van der Waals surface area contributed by atoms with Crippen molar-refractivity contribution in [3.05, 3.63) is 12.2 Å². The zero-order chi connectivity index (χ0) is 13.1. The summed E-state index contributed by atoms with van der Waals surface area (Å²) in [5.41, 5.74) is 5.60. The van der Waals surface area contributed by atoms with Gasteiger partial charge in [-0.25, -0.2) is 4.98 Å². The first-order valence-electron chi connectivity index (χ1n) is 5.68. The lowest BCUT2D eigenvalue weighted by Gasteiger charge is -2.25. The molecule has 0 saturated carbocycles. The van der Waals surface area contributed by atoms with E-state index in [1.54, 1.807) is 11.0 Å². The molecule has 1 unspecified atom stereocenters. The highest BCUT2D eigenvalue weighted by Gasteiger charge is 2.26. The quantitative estimate of drug-likeness (QED) is 0.765. The number of nitrogens with one attached hydrogen (secondary N) is 1. The number of hydrogen-bond acceptors (Lipinski definition) is 4. The van der Waals surface area contributed by atoms with Crippen molar-refractivity contribution in [2.24, 2.45) is 18.2 Å². The second-order valence-electron chi connectivity index (χ2n) is 5.22. The molecule has 0 saturated heterocycles. The molecule has 1 rings (SSSR count). The Morgan fingerprint density at radius 1 is 1.59 bits per heavy atom. The van der Waals surface area contributed by atoms with E-state index in [-0.39, 0.29) is 11.3 Å². The number of nitrogens with two attached hydrogens (primary N) is 1. The summed E-state index contributed by atoms with van der Waals surface area (Å²) in [6, 6.07) is -0.501. The van der Waals surface area contributed by atoms with E-state index in [0.29, 0.717) is 13.0 Å². The van der Waals surface area contributed by atoms with Gasteiger partial charge in [-0.05, 0) is 5.41 Å². The average Bonchev–Trinajstić information content (AvgIpc) is 2.61. The molecule has 0 aliphatic heterocycles. The van der Waals surface area contributed by atoms with Crippen LogP contribution in [0.1, 0.15) is 26.6 Å². The number of carbonyl (C=O) groups excluding carboxylic acids is 1. The highest BCUT2D eigenvalue weighted by molar-refractivity contribution is 5.82. The van der Waals surface area contributed by atoms with Crippen LogP contribution >= 0.6 is 0 Å². The van der Waals surface area contributed by atoms with Crippen LogP contribution in [0, 0.1) is 5.41 Å². The van der Waals surface area contributed by atoms with Gasteiger partial charge in [-0.15, -0.1) is 0 Å². The van der Waals surface area contributed by atoms with Crippen molar-refractivity contribution in [1.82, 2.24) is 20.1 Å². The first kappa shape index (κ1) is 13.6. The van der Waals surface area contributed by atoms with E-state index in [1.165, 1.54) is 0 Å². The zero-order valence-corrected chi connectivity index (χ0v) is 10.9. The molecule has 0 aromatic carbocycles. The van der Waals surface area contributed by atoms with Crippen LogP contribution in [0.2, 0.25) is 0 Å². The fourth-order valence-corrected chi connectivity index (χ4v) is 1.30. The largest absolute Gasteiger partial charge is 0.354 e. The van der Waals surface area contributed by atoms with Gasteiger partial charge < -0.3 is 11.1 Å². The van der Waals surface area contributed by atoms with Gasteiger partial charge in [0.05, 0.1) is 6.04 Å². The van der Waals surface area contributed by atoms with Crippen LogP contribution in [0.25, 0.3) is 0 Å². The second kappa shape index (κ2) is 5.27. The summed E-state index contributed by atoms with van der Waals surface area (Å²) < 4.78 is 1.64. The monoisotopic (exact) mass is 239 g/mol. The van der Waals surface area contributed by atoms with Gasteiger partial charge in [-0.1, -0.05) is 20.8 Å². The molecular formula is C11H21N5O. The number of amides is 1. The summed E-state index contributed by atoms with van der Waals surface area (Å²) in [6.07, 6.45) is 2.25. The molecule has 0 aliphatic carbocycles. The Morgan fingerprint density at radius 2 is 2.24 bits per heavy atom. The number of nitrogens with zero attached hydrogens (tertiary/aromatic N) is 3. The third kappa shape index (κ3) is 4.14. The van der Waals surface area contributed by atoms with Crippen molar-refractivity contribution in [2.45, 2.75) is 33.2 Å². The topological polar surface area (TPSA) is 85.8 Å². The lowest BCUT2D eigenvalue weighted by Crippen LogP contribution is -2.49. The Morgan fingerprint density at radius 3 is 2.71 bits per heavy atom. The minimum Gasteiger partial charge on any atom is -0.354 e. The average molecular weight is 239 g/mol. The van der Waals surface area contributed by atoms with Gasteiger partial charge in [0.25, 0.3) is 0 Å². The first-order valence-corrected chi connectivity index (χ1v) is 5.68. The van der Waals surface area contributed by atoms with Crippen LogP contribution in [0.3, 0.4) is 0 Å². The number of carbonyl (C=O) groups is 1. The van der Waals surface area contributed by atoms with Crippen molar-refractivity contribution in [3.8, 4) is 0 Å². The minimum absolute atomic E-state index is 0.131. The molecule has 1 aromatic rings. The van der Waals surface area contributed by atoms with E-state index >= 15 is 0 Å².